The molecule has 2 aromatic heterocycles. The van der Waals surface area contributed by atoms with Crippen LogP contribution in [0.25, 0.3) is 11.2 Å². The molecule has 0 amide bonds. The van der Waals surface area contributed by atoms with E-state index in [1.54, 1.807) is 18.6 Å². The molecule has 0 atom stereocenters. The summed E-state index contributed by atoms with van der Waals surface area (Å²) in [5.41, 5.74) is 1.42. The first-order valence-electron chi connectivity index (χ1n) is 4.09. The zero-order chi connectivity index (χ0) is 9.80. The minimum absolute atomic E-state index is 0.479. The topological polar surface area (TPSA) is 86.7 Å². The fourth-order valence-electron chi connectivity index (χ4n) is 1.02. The largest absolute Gasteiger partial charge is 0.516 e. The predicted octanol–water partition coefficient (Wildman–Crippen LogP) is 0.836. The Morgan fingerprint density at radius 2 is 2.43 bits per heavy atom. The molecule has 0 saturated carbocycles. The van der Waals surface area contributed by atoms with E-state index in [-0.39, 0.29) is 0 Å². The van der Waals surface area contributed by atoms with Gasteiger partial charge in [-0.15, -0.1) is 0 Å². The first kappa shape index (κ1) is 8.49. The molecule has 0 saturated heterocycles. The van der Waals surface area contributed by atoms with Gasteiger partial charge < -0.3 is 15.4 Å². The average Bonchev–Trinajstić information content (AvgIpc) is 2.65. The van der Waals surface area contributed by atoms with Crippen LogP contribution in [-0.2, 0) is 0 Å². The van der Waals surface area contributed by atoms with Crippen LogP contribution in [0.3, 0.4) is 0 Å². The van der Waals surface area contributed by atoms with Crippen molar-refractivity contribution in [3.05, 3.63) is 24.9 Å². The lowest BCUT2D eigenvalue weighted by molar-refractivity contribution is 0.472. The lowest BCUT2D eigenvalue weighted by Gasteiger charge is -1.99. The van der Waals surface area contributed by atoms with E-state index in [1.807, 2.05) is 0 Å². The van der Waals surface area contributed by atoms with E-state index in [0.717, 1.165) is 11.8 Å². The molecule has 3 N–H and O–H groups in total. The summed E-state index contributed by atoms with van der Waals surface area (Å²) in [7, 11) is 0. The maximum atomic E-state index is 8.40. The van der Waals surface area contributed by atoms with Crippen LogP contribution in [0, 0.1) is 0 Å². The third-order valence-electron chi connectivity index (χ3n) is 1.66. The molecule has 0 aliphatic heterocycles. The molecule has 0 radical (unpaired) electrons. The summed E-state index contributed by atoms with van der Waals surface area (Å²) in [5.74, 6) is 0.489. The summed E-state index contributed by atoms with van der Waals surface area (Å²) in [5, 5.41) is 11.3. The number of H-pyrrole nitrogens is 1. The molecular weight excluding hydrogens is 182 g/mol. The number of hydrogen-bond donors (Lipinski definition) is 3. The third kappa shape index (κ3) is 1.63. The Bertz CT molecular complexity index is 450. The molecule has 2 heterocycles. The van der Waals surface area contributed by atoms with Crippen molar-refractivity contribution in [1.82, 2.24) is 19.9 Å². The normalized spacial score (nSPS) is 11.1. The van der Waals surface area contributed by atoms with Gasteiger partial charge in [-0.1, -0.05) is 0 Å². The van der Waals surface area contributed by atoms with Crippen LogP contribution in [0.15, 0.2) is 24.9 Å². The van der Waals surface area contributed by atoms with Crippen LogP contribution in [0.4, 0.5) is 5.95 Å². The van der Waals surface area contributed by atoms with Crippen LogP contribution in [0.1, 0.15) is 0 Å². The van der Waals surface area contributed by atoms with Gasteiger partial charge in [-0.25, -0.2) is 9.97 Å². The summed E-state index contributed by atoms with van der Waals surface area (Å²) in [6.45, 7) is 0.479. The van der Waals surface area contributed by atoms with E-state index in [1.165, 1.54) is 0 Å². The smallest absolute Gasteiger partial charge is 0.225 e. The molecule has 0 fully saturated rings. The number of anilines is 1. The van der Waals surface area contributed by atoms with Gasteiger partial charge in [0.1, 0.15) is 5.52 Å². The molecule has 0 aliphatic carbocycles. The number of aliphatic hydroxyl groups excluding tert-OH is 1. The molecule has 72 valence electrons. The Kier molecular flexibility index (Phi) is 2.26. The zero-order valence-electron chi connectivity index (χ0n) is 7.31. The van der Waals surface area contributed by atoms with Gasteiger partial charge in [0.05, 0.1) is 18.8 Å². The van der Waals surface area contributed by atoms with Gasteiger partial charge in [0.15, 0.2) is 5.65 Å². The van der Waals surface area contributed by atoms with Crippen molar-refractivity contribution in [2.45, 2.75) is 0 Å². The standard InChI is InChI=1S/C8H9N5O/c14-3-1-2-9-8-10-4-6-7(13-8)12-5-11-6/h1,3-5,14H,2H2,(H2,9,10,11,12,13). The van der Waals surface area contributed by atoms with E-state index in [0.29, 0.717) is 18.1 Å². The minimum atomic E-state index is 0.479. The lowest BCUT2D eigenvalue weighted by Crippen LogP contribution is -2.02. The lowest BCUT2D eigenvalue weighted by atomic mass is 10.5. The van der Waals surface area contributed by atoms with E-state index in [4.69, 9.17) is 5.11 Å². The molecule has 2 aromatic rings. The number of fused-ring (bicyclic) bond motifs is 1. The summed E-state index contributed by atoms with van der Waals surface area (Å²) in [4.78, 5) is 15.1. The predicted molar refractivity (Wildman–Crippen MR) is 51.9 cm³/mol. The number of aromatic amines is 1. The van der Waals surface area contributed by atoms with Crippen molar-refractivity contribution >= 4 is 17.1 Å². The summed E-state index contributed by atoms with van der Waals surface area (Å²) in [6, 6.07) is 0. The highest BCUT2D eigenvalue weighted by Crippen LogP contribution is 2.06. The second-order valence-electron chi connectivity index (χ2n) is 2.60. The van der Waals surface area contributed by atoms with Gasteiger partial charge in [0.2, 0.25) is 5.95 Å². The fourth-order valence-corrected chi connectivity index (χ4v) is 1.02. The van der Waals surface area contributed by atoms with Crippen molar-refractivity contribution < 1.29 is 5.11 Å². The maximum Gasteiger partial charge on any atom is 0.225 e. The fraction of sp³-hybridized carbons (Fsp3) is 0.125. The Morgan fingerprint density at radius 3 is 3.29 bits per heavy atom. The Morgan fingerprint density at radius 1 is 1.50 bits per heavy atom. The number of imidazole rings is 1. The number of nitrogens with zero attached hydrogens (tertiary/aromatic N) is 3. The molecule has 0 unspecified atom stereocenters. The number of nitrogens with one attached hydrogen (secondary N) is 2. The van der Waals surface area contributed by atoms with Crippen molar-refractivity contribution in [3.8, 4) is 0 Å². The van der Waals surface area contributed by atoms with Gasteiger partial charge in [-0.05, 0) is 6.08 Å². The highest BCUT2D eigenvalue weighted by molar-refractivity contribution is 5.69. The highest BCUT2D eigenvalue weighted by atomic mass is 16.2. The molecule has 0 aromatic carbocycles. The first-order valence-corrected chi connectivity index (χ1v) is 4.09. The van der Waals surface area contributed by atoms with Crippen molar-refractivity contribution in [2.24, 2.45) is 0 Å². The molecule has 2 rings (SSSR count). The average molecular weight is 191 g/mol. The zero-order valence-corrected chi connectivity index (χ0v) is 7.31. The first-order chi connectivity index (χ1) is 6.90. The number of aromatic nitrogens is 4. The molecule has 0 spiro atoms. The highest BCUT2D eigenvalue weighted by Gasteiger charge is 1.99. The van der Waals surface area contributed by atoms with Crippen LogP contribution in [0.5, 0.6) is 0 Å². The molecule has 6 nitrogen and oxygen atoms in total. The quantitative estimate of drug-likeness (QED) is 0.626. The number of hydrogen-bond acceptors (Lipinski definition) is 5. The molecule has 0 aliphatic rings. The van der Waals surface area contributed by atoms with Gasteiger partial charge in [0, 0.05) is 6.54 Å². The SMILES string of the molecule is OC=CCNc1ncc2[nH]cnc2n1. The van der Waals surface area contributed by atoms with Crippen LogP contribution in [-0.4, -0.2) is 31.6 Å². The van der Waals surface area contributed by atoms with Crippen molar-refractivity contribution in [3.63, 3.8) is 0 Å². The van der Waals surface area contributed by atoms with E-state index in [2.05, 4.69) is 25.3 Å². The summed E-state index contributed by atoms with van der Waals surface area (Å²) < 4.78 is 0. The van der Waals surface area contributed by atoms with Gasteiger partial charge in [-0.3, -0.25) is 0 Å². The second kappa shape index (κ2) is 3.73. The third-order valence-corrected chi connectivity index (χ3v) is 1.66. The van der Waals surface area contributed by atoms with E-state index in [9.17, 15) is 0 Å². The van der Waals surface area contributed by atoms with Crippen LogP contribution in [0.2, 0.25) is 0 Å². The Balaban J connectivity index is 2.17. The monoisotopic (exact) mass is 191 g/mol. The van der Waals surface area contributed by atoms with E-state index >= 15 is 0 Å². The Hall–Kier alpha value is -2.11. The van der Waals surface area contributed by atoms with Gasteiger partial charge in [-0.2, -0.15) is 4.98 Å². The van der Waals surface area contributed by atoms with Crippen molar-refractivity contribution in [1.29, 1.82) is 0 Å². The second-order valence-corrected chi connectivity index (χ2v) is 2.60. The van der Waals surface area contributed by atoms with Crippen molar-refractivity contribution in [2.75, 3.05) is 11.9 Å². The van der Waals surface area contributed by atoms with Gasteiger partial charge in [0.25, 0.3) is 0 Å². The van der Waals surface area contributed by atoms with Crippen LogP contribution < -0.4 is 5.32 Å². The summed E-state index contributed by atoms with van der Waals surface area (Å²) in [6.07, 6.45) is 5.75. The number of rotatable bonds is 3. The van der Waals surface area contributed by atoms with Gasteiger partial charge >= 0.3 is 0 Å². The molecule has 14 heavy (non-hydrogen) atoms. The summed E-state index contributed by atoms with van der Waals surface area (Å²) >= 11 is 0. The van der Waals surface area contributed by atoms with Crippen LogP contribution >= 0.6 is 0 Å². The Labute approximate surface area is 79.7 Å². The number of aliphatic hydroxyl groups is 1. The minimum Gasteiger partial charge on any atom is -0.516 e. The molecular formula is C8H9N5O. The molecule has 0 bridgehead atoms. The maximum absolute atomic E-state index is 8.40. The molecule has 6 heteroatoms. The van der Waals surface area contributed by atoms with E-state index < -0.39 is 0 Å².